The Balaban J connectivity index is 1.57. The number of amides is 2. The number of hydrogen-bond acceptors (Lipinski definition) is 5. The van der Waals surface area contributed by atoms with Crippen molar-refractivity contribution >= 4 is 23.3 Å². The molecule has 1 aliphatic heterocycles. The van der Waals surface area contributed by atoms with Crippen LogP contribution >= 0.6 is 0 Å². The average molecular weight is 362 g/mol. The molecular formula is C20H18N4O3. The Bertz CT molecular complexity index is 1010. The number of benzene rings is 1. The first-order valence-corrected chi connectivity index (χ1v) is 8.71. The summed E-state index contributed by atoms with van der Waals surface area (Å²) in [6.45, 7) is 2.38. The topological polar surface area (TPSA) is 88.3 Å². The average Bonchev–Trinajstić information content (AvgIpc) is 3.11. The number of carbonyl (C=O) groups excluding carboxylic acids is 2. The van der Waals surface area contributed by atoms with Crippen LogP contribution in [0, 0.1) is 6.92 Å². The first kappa shape index (κ1) is 17.0. The van der Waals surface area contributed by atoms with Gasteiger partial charge in [-0.3, -0.25) is 14.6 Å². The quantitative estimate of drug-likeness (QED) is 0.773. The monoisotopic (exact) mass is 362 g/mol. The van der Waals surface area contributed by atoms with Crippen LogP contribution in [-0.4, -0.2) is 28.5 Å². The van der Waals surface area contributed by atoms with E-state index < -0.39 is 5.91 Å². The molecule has 27 heavy (non-hydrogen) atoms. The van der Waals surface area contributed by atoms with Crippen LogP contribution in [0.2, 0.25) is 0 Å². The maximum Gasteiger partial charge on any atom is 0.259 e. The first-order valence-electron chi connectivity index (χ1n) is 8.71. The van der Waals surface area contributed by atoms with Crippen molar-refractivity contribution in [3.05, 3.63) is 71.2 Å². The van der Waals surface area contributed by atoms with Crippen molar-refractivity contribution in [2.75, 3.05) is 16.8 Å². The molecule has 0 saturated carbocycles. The molecule has 136 valence electrons. The lowest BCUT2D eigenvalue weighted by molar-refractivity contribution is 0.0984. The minimum Gasteiger partial charge on any atom is -0.360 e. The van der Waals surface area contributed by atoms with E-state index in [0.29, 0.717) is 23.7 Å². The standard InChI is InChI=1S/C20H18N4O3/c1-13-9-18(23-27-13)22-19(25)15-10-16(12-21-11-15)20(26)24-8-4-6-14-5-2-3-7-17(14)24/h2-3,5,7,9-12H,4,6,8H2,1H3,(H,22,23,25). The minimum absolute atomic E-state index is 0.165. The van der Waals surface area contributed by atoms with E-state index >= 15 is 0 Å². The Morgan fingerprint density at radius 2 is 1.96 bits per heavy atom. The minimum atomic E-state index is -0.399. The van der Waals surface area contributed by atoms with E-state index in [-0.39, 0.29) is 11.5 Å². The van der Waals surface area contributed by atoms with Crippen LogP contribution in [0.4, 0.5) is 11.5 Å². The number of rotatable bonds is 3. The number of carbonyl (C=O) groups is 2. The summed E-state index contributed by atoms with van der Waals surface area (Å²) in [5.41, 5.74) is 2.73. The van der Waals surface area contributed by atoms with E-state index in [2.05, 4.69) is 15.5 Å². The van der Waals surface area contributed by atoms with Gasteiger partial charge in [0.15, 0.2) is 5.82 Å². The van der Waals surface area contributed by atoms with Crippen molar-refractivity contribution in [1.29, 1.82) is 0 Å². The molecule has 7 nitrogen and oxygen atoms in total. The summed E-state index contributed by atoms with van der Waals surface area (Å²) in [4.78, 5) is 31.3. The summed E-state index contributed by atoms with van der Waals surface area (Å²) in [5.74, 6) is 0.348. The molecule has 0 radical (unpaired) electrons. The second-order valence-corrected chi connectivity index (χ2v) is 6.43. The number of pyridine rings is 1. The fourth-order valence-electron chi connectivity index (χ4n) is 3.20. The largest absolute Gasteiger partial charge is 0.360 e. The normalized spacial score (nSPS) is 13.1. The highest BCUT2D eigenvalue weighted by Crippen LogP contribution is 2.28. The van der Waals surface area contributed by atoms with Crippen LogP contribution in [-0.2, 0) is 6.42 Å². The van der Waals surface area contributed by atoms with Crippen LogP contribution in [0.5, 0.6) is 0 Å². The van der Waals surface area contributed by atoms with Crippen LogP contribution in [0.3, 0.4) is 0 Å². The molecule has 7 heteroatoms. The Labute approximate surface area is 156 Å². The molecule has 0 atom stereocenters. The number of aryl methyl sites for hydroxylation is 2. The summed E-state index contributed by atoms with van der Waals surface area (Å²) in [7, 11) is 0. The maximum atomic E-state index is 13.0. The number of nitrogens with one attached hydrogen (secondary N) is 1. The highest BCUT2D eigenvalue weighted by atomic mass is 16.5. The molecule has 0 bridgehead atoms. The molecule has 0 spiro atoms. The lowest BCUT2D eigenvalue weighted by Gasteiger charge is -2.29. The molecule has 2 aromatic heterocycles. The summed E-state index contributed by atoms with van der Waals surface area (Å²) in [6, 6.07) is 11.1. The van der Waals surface area contributed by atoms with Gasteiger partial charge in [0.05, 0.1) is 11.1 Å². The smallest absolute Gasteiger partial charge is 0.259 e. The van der Waals surface area contributed by atoms with Crippen LogP contribution < -0.4 is 10.2 Å². The molecule has 0 fully saturated rings. The van der Waals surface area contributed by atoms with Gasteiger partial charge in [-0.1, -0.05) is 23.4 Å². The molecule has 2 amide bonds. The molecule has 0 unspecified atom stereocenters. The van der Waals surface area contributed by atoms with Gasteiger partial charge in [0.2, 0.25) is 0 Å². The fraction of sp³-hybridized carbons (Fsp3) is 0.200. The van der Waals surface area contributed by atoms with E-state index in [1.807, 2.05) is 24.3 Å². The summed E-state index contributed by atoms with van der Waals surface area (Å²) in [6.07, 6.45) is 4.76. The van der Waals surface area contributed by atoms with Crippen LogP contribution in [0.15, 0.2) is 53.3 Å². The van der Waals surface area contributed by atoms with Crippen molar-refractivity contribution in [1.82, 2.24) is 10.1 Å². The van der Waals surface area contributed by atoms with Gasteiger partial charge >= 0.3 is 0 Å². The second kappa shape index (κ2) is 7.03. The molecule has 3 aromatic rings. The molecule has 1 N–H and O–H groups in total. The zero-order valence-corrected chi connectivity index (χ0v) is 14.8. The van der Waals surface area contributed by atoms with Gasteiger partial charge in [0.1, 0.15) is 5.76 Å². The van der Waals surface area contributed by atoms with Gasteiger partial charge < -0.3 is 14.7 Å². The van der Waals surface area contributed by atoms with Crippen molar-refractivity contribution in [3.63, 3.8) is 0 Å². The summed E-state index contributed by atoms with van der Waals surface area (Å²) in [5, 5.41) is 6.37. The molecule has 1 aromatic carbocycles. The van der Waals surface area contributed by atoms with Crippen molar-refractivity contribution < 1.29 is 14.1 Å². The molecular weight excluding hydrogens is 344 g/mol. The highest BCUT2D eigenvalue weighted by molar-refractivity contribution is 6.09. The predicted molar refractivity (Wildman–Crippen MR) is 99.9 cm³/mol. The Hall–Kier alpha value is -3.48. The Kier molecular flexibility index (Phi) is 4.42. The lowest BCUT2D eigenvalue weighted by atomic mass is 10.0. The highest BCUT2D eigenvalue weighted by Gasteiger charge is 2.24. The van der Waals surface area contributed by atoms with Gasteiger partial charge in [0, 0.05) is 30.7 Å². The number of hydrogen-bond donors (Lipinski definition) is 1. The van der Waals surface area contributed by atoms with Gasteiger partial charge in [-0.15, -0.1) is 0 Å². The zero-order valence-electron chi connectivity index (χ0n) is 14.8. The molecule has 0 aliphatic carbocycles. The Morgan fingerprint density at radius 1 is 1.15 bits per heavy atom. The number of anilines is 2. The van der Waals surface area contributed by atoms with Crippen molar-refractivity contribution in [3.8, 4) is 0 Å². The molecule has 1 aliphatic rings. The van der Waals surface area contributed by atoms with Gasteiger partial charge in [-0.25, -0.2) is 0 Å². The van der Waals surface area contributed by atoms with E-state index in [0.717, 1.165) is 24.1 Å². The third kappa shape index (κ3) is 3.44. The van der Waals surface area contributed by atoms with Gasteiger partial charge in [-0.2, -0.15) is 0 Å². The third-order valence-electron chi connectivity index (χ3n) is 4.47. The Morgan fingerprint density at radius 3 is 2.78 bits per heavy atom. The van der Waals surface area contributed by atoms with E-state index in [4.69, 9.17) is 4.52 Å². The molecule has 4 rings (SSSR count). The SMILES string of the molecule is Cc1cc(NC(=O)c2cncc(C(=O)N3CCCc4ccccc43)c2)no1. The third-order valence-corrected chi connectivity index (χ3v) is 4.47. The molecule has 3 heterocycles. The van der Waals surface area contributed by atoms with Crippen LogP contribution in [0.1, 0.15) is 38.5 Å². The summed E-state index contributed by atoms with van der Waals surface area (Å²) < 4.78 is 4.93. The molecule has 0 saturated heterocycles. The second-order valence-electron chi connectivity index (χ2n) is 6.43. The number of aromatic nitrogens is 2. The van der Waals surface area contributed by atoms with Gasteiger partial charge in [-0.05, 0) is 37.5 Å². The predicted octanol–water partition coefficient (Wildman–Crippen LogP) is 3.22. The van der Waals surface area contributed by atoms with Crippen molar-refractivity contribution in [2.45, 2.75) is 19.8 Å². The van der Waals surface area contributed by atoms with E-state index in [1.54, 1.807) is 24.0 Å². The summed E-state index contributed by atoms with van der Waals surface area (Å²) >= 11 is 0. The van der Waals surface area contributed by atoms with Crippen LogP contribution in [0.25, 0.3) is 0 Å². The maximum absolute atomic E-state index is 13.0. The van der Waals surface area contributed by atoms with Crippen molar-refractivity contribution in [2.24, 2.45) is 0 Å². The lowest BCUT2D eigenvalue weighted by Crippen LogP contribution is -2.35. The number of nitrogens with zero attached hydrogens (tertiary/aromatic N) is 3. The number of fused-ring (bicyclic) bond motifs is 1. The van der Waals surface area contributed by atoms with Gasteiger partial charge in [0.25, 0.3) is 11.8 Å². The van der Waals surface area contributed by atoms with E-state index in [9.17, 15) is 9.59 Å². The fourth-order valence-corrected chi connectivity index (χ4v) is 3.20. The number of para-hydroxylation sites is 1. The first-order chi connectivity index (χ1) is 13.1. The zero-order chi connectivity index (χ0) is 18.8. The van der Waals surface area contributed by atoms with E-state index in [1.165, 1.54) is 12.4 Å².